The molecule has 1 aromatic rings. The van der Waals surface area contributed by atoms with Gasteiger partial charge in [-0.2, -0.15) is 0 Å². The Bertz CT molecular complexity index is 1280. The summed E-state index contributed by atoms with van der Waals surface area (Å²) in [5.41, 5.74) is 4.32. The van der Waals surface area contributed by atoms with Gasteiger partial charge in [0.1, 0.15) is 5.78 Å². The van der Waals surface area contributed by atoms with Gasteiger partial charge in [-0.05, 0) is 120 Å². The fourth-order valence-electron chi connectivity index (χ4n) is 12.0. The normalized spacial score (nSPS) is 43.3. The molecule has 6 rings (SSSR count). The topological polar surface area (TPSA) is 54.4 Å². The van der Waals surface area contributed by atoms with Crippen LogP contribution in [0.5, 0.6) is 0 Å². The number of rotatable bonds is 4. The third-order valence-corrected chi connectivity index (χ3v) is 14.4. The Kier molecular flexibility index (Phi) is 6.71. The first-order valence-electron chi connectivity index (χ1n) is 16.7. The van der Waals surface area contributed by atoms with Crippen LogP contribution in [0.1, 0.15) is 117 Å². The predicted octanol–water partition coefficient (Wildman–Crippen LogP) is 8.45. The number of allylic oxidation sites excluding steroid dienone is 2. The molecule has 0 unspecified atom stereocenters. The molecule has 0 radical (unpaired) electrons. The van der Waals surface area contributed by atoms with Gasteiger partial charge in [-0.3, -0.25) is 9.59 Å². The highest BCUT2D eigenvalue weighted by molar-refractivity contribution is 6.07. The lowest BCUT2D eigenvalue weighted by Crippen LogP contribution is -2.65. The smallest absolute Gasteiger partial charge is 0.160 e. The number of aliphatic hydroxyl groups excluding tert-OH is 1. The quantitative estimate of drug-likeness (QED) is 0.403. The van der Waals surface area contributed by atoms with Crippen LogP contribution in [-0.2, 0) is 16.0 Å². The predicted molar refractivity (Wildman–Crippen MR) is 165 cm³/mol. The molecule has 0 heterocycles. The maximum Gasteiger partial charge on any atom is 0.160 e. The van der Waals surface area contributed by atoms with Gasteiger partial charge in [-0.25, -0.2) is 0 Å². The third-order valence-electron chi connectivity index (χ3n) is 14.4. The monoisotopic (exact) mass is 558 g/mol. The van der Waals surface area contributed by atoms with Gasteiger partial charge in [-0.1, -0.05) is 78.3 Å². The Morgan fingerprint density at radius 3 is 2.22 bits per heavy atom. The fourth-order valence-corrected chi connectivity index (χ4v) is 12.0. The van der Waals surface area contributed by atoms with Crippen molar-refractivity contribution in [1.82, 2.24) is 0 Å². The van der Waals surface area contributed by atoms with Gasteiger partial charge in [0, 0.05) is 12.8 Å². The van der Waals surface area contributed by atoms with Crippen molar-refractivity contribution in [3.8, 4) is 0 Å². The van der Waals surface area contributed by atoms with Crippen LogP contribution in [0.15, 0.2) is 35.4 Å². The molecule has 41 heavy (non-hydrogen) atoms. The molecule has 0 bridgehead atoms. The van der Waals surface area contributed by atoms with E-state index in [0.29, 0.717) is 30.6 Å². The van der Waals surface area contributed by atoms with Crippen LogP contribution in [0.4, 0.5) is 0 Å². The third kappa shape index (κ3) is 3.85. The Balaban J connectivity index is 1.41. The van der Waals surface area contributed by atoms with E-state index < -0.39 is 5.41 Å². The average Bonchev–Trinajstić information content (AvgIpc) is 3.21. The highest BCUT2D eigenvalue weighted by atomic mass is 16.3. The molecule has 4 fully saturated rings. The van der Waals surface area contributed by atoms with E-state index in [9.17, 15) is 14.7 Å². The van der Waals surface area contributed by atoms with E-state index in [0.717, 1.165) is 43.2 Å². The van der Waals surface area contributed by atoms with Crippen LogP contribution >= 0.6 is 0 Å². The number of aliphatic hydroxyl groups is 1. The number of aryl methyl sites for hydroxylation is 1. The summed E-state index contributed by atoms with van der Waals surface area (Å²) in [6, 6.07) is 8.38. The summed E-state index contributed by atoms with van der Waals surface area (Å²) in [5.74, 6) is 2.10. The summed E-state index contributed by atoms with van der Waals surface area (Å²) in [6.45, 7) is 18.8. The van der Waals surface area contributed by atoms with Gasteiger partial charge < -0.3 is 5.11 Å². The largest absolute Gasteiger partial charge is 0.393 e. The van der Waals surface area contributed by atoms with Crippen LogP contribution in [0, 0.1) is 57.7 Å². The first kappa shape index (κ1) is 29.3. The number of benzene rings is 1. The Morgan fingerprint density at radius 1 is 0.878 bits per heavy atom. The van der Waals surface area contributed by atoms with Crippen molar-refractivity contribution in [1.29, 1.82) is 0 Å². The number of carbonyl (C=O) groups is 2. The standard InChI is InChI=1S/C38H54O3/c1-23(2)32-27(39)22-38(31(41)21-25-11-9-24(3)10-12-25)20-19-36(7)26(33(32)38)13-14-29-35(6)17-16-30(40)34(4,5)28(35)15-18-37(29,36)8/h9-12,23,26,28-30,40H,13-22H2,1-8H3/t26-,28+,29-,30+,35+,36-,37-,38+/m1/s1. The Labute approximate surface area is 249 Å². The molecule has 3 heteroatoms. The minimum absolute atomic E-state index is 0.0542. The number of hydrogen-bond acceptors (Lipinski definition) is 3. The lowest BCUT2D eigenvalue weighted by molar-refractivity contribution is -0.228. The van der Waals surface area contributed by atoms with E-state index in [1.807, 2.05) is 0 Å². The van der Waals surface area contributed by atoms with Crippen molar-refractivity contribution in [2.45, 2.75) is 126 Å². The molecule has 224 valence electrons. The van der Waals surface area contributed by atoms with E-state index >= 15 is 0 Å². The number of fused-ring (bicyclic) bond motifs is 7. The van der Waals surface area contributed by atoms with Crippen molar-refractivity contribution in [2.75, 3.05) is 0 Å². The maximum absolute atomic E-state index is 14.4. The van der Waals surface area contributed by atoms with Gasteiger partial charge in [-0.15, -0.1) is 0 Å². The van der Waals surface area contributed by atoms with E-state index in [4.69, 9.17) is 0 Å². The molecule has 5 aliphatic carbocycles. The van der Waals surface area contributed by atoms with E-state index in [1.165, 1.54) is 30.4 Å². The SMILES string of the molecule is Cc1ccc(CC(=O)[C@@]23CC[C@]4(C)[C@H](CC[C@@H]5[C@@]6(C)CC[C@H](O)C(C)(C)[C@@H]6CC[C@]54C)C2=C(C(C)C)C(=O)C3)cc1. The second-order valence-electron chi connectivity index (χ2n) is 16.7. The zero-order valence-electron chi connectivity index (χ0n) is 27.0. The molecule has 0 aromatic heterocycles. The van der Waals surface area contributed by atoms with Gasteiger partial charge >= 0.3 is 0 Å². The molecule has 5 aliphatic rings. The minimum Gasteiger partial charge on any atom is -0.393 e. The lowest BCUT2D eigenvalue weighted by atomic mass is 9.33. The first-order valence-corrected chi connectivity index (χ1v) is 16.7. The molecule has 4 saturated carbocycles. The highest BCUT2D eigenvalue weighted by Gasteiger charge is 2.70. The molecule has 1 aromatic carbocycles. The Morgan fingerprint density at radius 2 is 1.56 bits per heavy atom. The second-order valence-corrected chi connectivity index (χ2v) is 16.7. The van der Waals surface area contributed by atoms with Crippen LogP contribution in [0.2, 0.25) is 0 Å². The van der Waals surface area contributed by atoms with Gasteiger partial charge in [0.2, 0.25) is 0 Å². The molecule has 8 atom stereocenters. The zero-order chi connectivity index (χ0) is 29.8. The van der Waals surface area contributed by atoms with E-state index in [2.05, 4.69) is 79.7 Å². The van der Waals surface area contributed by atoms with Crippen LogP contribution in [0.3, 0.4) is 0 Å². The van der Waals surface area contributed by atoms with Crippen molar-refractivity contribution in [3.05, 3.63) is 46.5 Å². The second kappa shape index (κ2) is 9.38. The van der Waals surface area contributed by atoms with Crippen LogP contribution in [-0.4, -0.2) is 22.8 Å². The molecule has 0 spiro atoms. The lowest BCUT2D eigenvalue weighted by Gasteiger charge is -2.72. The van der Waals surface area contributed by atoms with E-state index in [-0.39, 0.29) is 45.2 Å². The summed E-state index contributed by atoms with van der Waals surface area (Å²) in [6.07, 6.45) is 9.06. The summed E-state index contributed by atoms with van der Waals surface area (Å²) in [4.78, 5) is 28.3. The summed E-state index contributed by atoms with van der Waals surface area (Å²) in [7, 11) is 0. The maximum atomic E-state index is 14.4. The number of carbonyl (C=O) groups excluding carboxylic acids is 2. The van der Waals surface area contributed by atoms with E-state index in [1.54, 1.807) is 0 Å². The molecule has 3 nitrogen and oxygen atoms in total. The van der Waals surface area contributed by atoms with Crippen LogP contribution in [0.25, 0.3) is 0 Å². The number of Topliss-reactive ketones (excluding diaryl/α,β-unsaturated/α-hetero) is 2. The highest BCUT2D eigenvalue weighted by Crippen LogP contribution is 2.76. The van der Waals surface area contributed by atoms with Crippen molar-refractivity contribution < 1.29 is 14.7 Å². The summed E-state index contributed by atoms with van der Waals surface area (Å²) in [5, 5.41) is 11.0. The Hall–Kier alpha value is -1.74. The molecule has 0 amide bonds. The van der Waals surface area contributed by atoms with Crippen LogP contribution < -0.4 is 0 Å². The number of hydrogen-bond donors (Lipinski definition) is 1. The summed E-state index contributed by atoms with van der Waals surface area (Å²) >= 11 is 0. The van der Waals surface area contributed by atoms with Crippen molar-refractivity contribution in [2.24, 2.45) is 50.7 Å². The van der Waals surface area contributed by atoms with Gasteiger partial charge in [0.15, 0.2) is 5.78 Å². The fraction of sp³-hybridized carbons (Fsp3) is 0.737. The van der Waals surface area contributed by atoms with Gasteiger partial charge in [0.25, 0.3) is 0 Å². The average molecular weight is 559 g/mol. The molecular formula is C38H54O3. The first-order chi connectivity index (χ1) is 19.1. The molecule has 0 aliphatic heterocycles. The molecule has 1 N–H and O–H groups in total. The summed E-state index contributed by atoms with van der Waals surface area (Å²) < 4.78 is 0. The molecular weight excluding hydrogens is 504 g/mol. The number of ketones is 2. The van der Waals surface area contributed by atoms with Crippen molar-refractivity contribution in [3.63, 3.8) is 0 Å². The van der Waals surface area contributed by atoms with Crippen molar-refractivity contribution >= 4 is 11.6 Å². The minimum atomic E-state index is -0.618. The zero-order valence-corrected chi connectivity index (χ0v) is 27.0. The molecule has 0 saturated heterocycles. The van der Waals surface area contributed by atoms with Gasteiger partial charge in [0.05, 0.1) is 11.5 Å².